The number of halogens is 1. The molecule has 0 amide bonds. The van der Waals surface area contributed by atoms with E-state index in [1.807, 2.05) is 0 Å². The number of carbonyl (C=O) groups excluding carboxylic acids is 1. The molecule has 0 aliphatic heterocycles. The van der Waals surface area contributed by atoms with E-state index in [-0.39, 0.29) is 29.8 Å². The first-order valence-electron chi connectivity index (χ1n) is 9.66. The summed E-state index contributed by atoms with van der Waals surface area (Å²) in [5.41, 5.74) is -0.526. The molecule has 1 aliphatic rings. The third-order valence-electron chi connectivity index (χ3n) is 5.31. The zero-order chi connectivity index (χ0) is 22.9. The van der Waals surface area contributed by atoms with E-state index in [0.29, 0.717) is 35.2 Å². The summed E-state index contributed by atoms with van der Waals surface area (Å²) in [6.07, 6.45) is 2.85. The third kappa shape index (κ3) is 3.98. The first-order chi connectivity index (χ1) is 15.4. The maximum absolute atomic E-state index is 14.3. The van der Waals surface area contributed by atoms with Gasteiger partial charge in [-0.1, -0.05) is 0 Å². The number of pyridine rings is 1. The highest BCUT2D eigenvalue weighted by molar-refractivity contribution is 5.88. The lowest BCUT2D eigenvalue weighted by molar-refractivity contribution is -0.385. The monoisotopic (exact) mass is 442 g/mol. The van der Waals surface area contributed by atoms with E-state index in [1.54, 1.807) is 18.2 Å². The van der Waals surface area contributed by atoms with Gasteiger partial charge in [-0.05, 0) is 31.0 Å². The number of aromatic nitrogens is 1. The lowest BCUT2D eigenvalue weighted by Gasteiger charge is -2.17. The quantitative estimate of drug-likeness (QED) is 0.287. The van der Waals surface area contributed by atoms with Crippen molar-refractivity contribution in [3.63, 3.8) is 0 Å². The molecular formula is C22H19FN2O7. The van der Waals surface area contributed by atoms with Gasteiger partial charge in [0, 0.05) is 23.7 Å². The van der Waals surface area contributed by atoms with Crippen LogP contribution in [0.4, 0.5) is 10.1 Å². The minimum atomic E-state index is -0.867. The van der Waals surface area contributed by atoms with Gasteiger partial charge in [0.1, 0.15) is 17.8 Å². The van der Waals surface area contributed by atoms with Crippen LogP contribution in [-0.2, 0) is 9.53 Å². The highest BCUT2D eigenvalue weighted by atomic mass is 19.1. The molecule has 0 saturated heterocycles. The zero-order valence-corrected chi connectivity index (χ0v) is 17.3. The molecule has 0 N–H and O–H groups in total. The van der Waals surface area contributed by atoms with E-state index >= 15 is 0 Å². The summed E-state index contributed by atoms with van der Waals surface area (Å²) in [6.45, 7) is 0.145. The second-order valence-corrected chi connectivity index (χ2v) is 7.36. The van der Waals surface area contributed by atoms with Gasteiger partial charge in [0.05, 0.1) is 30.7 Å². The van der Waals surface area contributed by atoms with Crippen LogP contribution in [0.5, 0.6) is 23.0 Å². The molecule has 1 heterocycles. The Hall–Kier alpha value is -3.95. The topological polar surface area (TPSA) is 110 Å². The normalized spacial score (nSPS) is 14.0. The fourth-order valence-corrected chi connectivity index (χ4v) is 3.28. The Morgan fingerprint density at radius 2 is 1.91 bits per heavy atom. The highest BCUT2D eigenvalue weighted by Gasteiger charge is 2.52. The largest absolute Gasteiger partial charge is 0.493 e. The third-order valence-corrected chi connectivity index (χ3v) is 5.31. The number of hydrogen-bond acceptors (Lipinski definition) is 8. The van der Waals surface area contributed by atoms with Crippen LogP contribution in [0.2, 0.25) is 0 Å². The van der Waals surface area contributed by atoms with E-state index in [2.05, 4.69) is 4.98 Å². The number of esters is 1. The van der Waals surface area contributed by atoms with Crippen molar-refractivity contribution in [2.75, 3.05) is 20.8 Å². The first kappa shape index (κ1) is 21.3. The number of methoxy groups -OCH3 is 2. The van der Waals surface area contributed by atoms with Crippen LogP contribution < -0.4 is 14.2 Å². The van der Waals surface area contributed by atoms with Crippen molar-refractivity contribution >= 4 is 22.6 Å². The molecule has 0 atom stereocenters. The molecule has 1 aromatic heterocycles. The van der Waals surface area contributed by atoms with E-state index in [4.69, 9.17) is 18.9 Å². The van der Waals surface area contributed by atoms with Gasteiger partial charge in [-0.2, -0.15) is 0 Å². The fourth-order valence-electron chi connectivity index (χ4n) is 3.28. The number of fused-ring (bicyclic) bond motifs is 1. The van der Waals surface area contributed by atoms with E-state index in [1.165, 1.54) is 26.5 Å². The number of non-ortho nitro benzene ring substituents is 1. The van der Waals surface area contributed by atoms with Crippen molar-refractivity contribution in [3.05, 3.63) is 58.5 Å². The van der Waals surface area contributed by atoms with Crippen LogP contribution in [-0.4, -0.2) is 36.7 Å². The maximum atomic E-state index is 14.3. The molecule has 9 nitrogen and oxygen atoms in total. The van der Waals surface area contributed by atoms with E-state index in [0.717, 1.165) is 12.1 Å². The Morgan fingerprint density at radius 1 is 1.12 bits per heavy atom. The van der Waals surface area contributed by atoms with Crippen LogP contribution in [0.15, 0.2) is 42.6 Å². The SMILES string of the molecule is COC(=O)C1(COc2cc3nccc(Oc4ccc([N+](=O)[O-])cc4F)c3cc2OC)CC1. The standard InChI is InChI=1S/C22H19FN2O7/c1-29-19-10-14-16(11-20(19)31-12-22(6-7-22)21(26)30-2)24-8-5-17(14)32-18-4-3-13(25(27)28)9-15(18)23/h3-5,8-11H,6-7,12H2,1-2H3. The van der Waals surface area contributed by atoms with Crippen LogP contribution in [0.25, 0.3) is 10.9 Å². The van der Waals surface area contributed by atoms with Crippen LogP contribution in [0.3, 0.4) is 0 Å². The van der Waals surface area contributed by atoms with Gasteiger partial charge in [0.2, 0.25) is 0 Å². The number of nitro groups is 1. The Balaban J connectivity index is 1.63. The minimum Gasteiger partial charge on any atom is -0.493 e. The Kier molecular flexibility index (Phi) is 5.52. The number of ether oxygens (including phenoxy) is 4. The van der Waals surface area contributed by atoms with Gasteiger partial charge in [-0.3, -0.25) is 19.9 Å². The summed E-state index contributed by atoms with van der Waals surface area (Å²) in [6, 6.07) is 7.95. The number of nitrogens with zero attached hydrogens (tertiary/aromatic N) is 2. The lowest BCUT2D eigenvalue weighted by atomic mass is 10.1. The first-order valence-corrected chi connectivity index (χ1v) is 9.66. The van der Waals surface area contributed by atoms with Crippen molar-refractivity contribution in [1.82, 2.24) is 4.98 Å². The molecule has 4 rings (SSSR count). The predicted octanol–water partition coefficient (Wildman–Crippen LogP) is 4.42. The summed E-state index contributed by atoms with van der Waals surface area (Å²) < 4.78 is 36.1. The molecule has 0 spiro atoms. The molecule has 1 saturated carbocycles. The van der Waals surface area contributed by atoms with Crippen LogP contribution in [0.1, 0.15) is 12.8 Å². The van der Waals surface area contributed by atoms with Gasteiger partial charge >= 0.3 is 5.97 Å². The van der Waals surface area contributed by atoms with Crippen molar-refractivity contribution in [3.8, 4) is 23.0 Å². The molecule has 10 heteroatoms. The molecule has 0 unspecified atom stereocenters. The number of nitro benzene ring substituents is 1. The molecule has 0 radical (unpaired) electrons. The smallest absolute Gasteiger partial charge is 0.315 e. The summed E-state index contributed by atoms with van der Waals surface area (Å²) in [5.74, 6) is -0.302. The zero-order valence-electron chi connectivity index (χ0n) is 17.3. The summed E-state index contributed by atoms with van der Waals surface area (Å²) >= 11 is 0. The average Bonchev–Trinajstić information content (AvgIpc) is 3.59. The van der Waals surface area contributed by atoms with Crippen LogP contribution in [0, 0.1) is 21.3 Å². The van der Waals surface area contributed by atoms with Crippen molar-refractivity contribution < 1.29 is 33.1 Å². The molecular weight excluding hydrogens is 423 g/mol. The molecule has 1 aliphatic carbocycles. The van der Waals surface area contributed by atoms with E-state index < -0.39 is 16.2 Å². The van der Waals surface area contributed by atoms with Gasteiger partial charge in [-0.15, -0.1) is 0 Å². The van der Waals surface area contributed by atoms with Gasteiger partial charge in [0.25, 0.3) is 5.69 Å². The van der Waals surface area contributed by atoms with Crippen molar-refractivity contribution in [2.45, 2.75) is 12.8 Å². The molecule has 2 aromatic carbocycles. The molecule has 0 bridgehead atoms. The second-order valence-electron chi connectivity index (χ2n) is 7.36. The molecule has 166 valence electrons. The Labute approximate surface area is 181 Å². The molecule has 1 fully saturated rings. The summed E-state index contributed by atoms with van der Waals surface area (Å²) in [4.78, 5) is 26.4. The lowest BCUT2D eigenvalue weighted by Crippen LogP contribution is -2.24. The second kappa shape index (κ2) is 8.29. The van der Waals surface area contributed by atoms with E-state index in [9.17, 15) is 19.3 Å². The fraction of sp³-hybridized carbons (Fsp3) is 0.273. The average molecular weight is 442 g/mol. The van der Waals surface area contributed by atoms with Crippen LogP contribution >= 0.6 is 0 Å². The summed E-state index contributed by atoms with van der Waals surface area (Å²) in [7, 11) is 2.81. The predicted molar refractivity (Wildman–Crippen MR) is 111 cm³/mol. The van der Waals surface area contributed by atoms with Crippen molar-refractivity contribution in [2.24, 2.45) is 5.41 Å². The Morgan fingerprint density at radius 3 is 2.53 bits per heavy atom. The molecule has 32 heavy (non-hydrogen) atoms. The number of rotatable bonds is 8. The van der Waals surface area contributed by atoms with Crippen molar-refractivity contribution in [1.29, 1.82) is 0 Å². The number of benzene rings is 2. The maximum Gasteiger partial charge on any atom is 0.315 e. The van der Waals surface area contributed by atoms with Gasteiger partial charge in [-0.25, -0.2) is 4.39 Å². The van der Waals surface area contributed by atoms with Gasteiger partial charge in [0.15, 0.2) is 23.1 Å². The summed E-state index contributed by atoms with van der Waals surface area (Å²) in [5, 5.41) is 11.3. The number of carbonyl (C=O) groups is 1. The molecule has 3 aromatic rings. The Bertz CT molecular complexity index is 1210. The van der Waals surface area contributed by atoms with Gasteiger partial charge < -0.3 is 18.9 Å². The minimum absolute atomic E-state index is 0.145. The highest BCUT2D eigenvalue weighted by Crippen LogP contribution is 2.48. The number of hydrogen-bond donors (Lipinski definition) is 0.